The van der Waals surface area contributed by atoms with E-state index in [4.69, 9.17) is 0 Å². The number of aryl methyl sites for hydroxylation is 1. The summed E-state index contributed by atoms with van der Waals surface area (Å²) in [4.78, 5) is 15.6. The van der Waals surface area contributed by atoms with E-state index in [1.54, 1.807) is 0 Å². The van der Waals surface area contributed by atoms with Gasteiger partial charge in [0.2, 0.25) is 0 Å². The first kappa shape index (κ1) is 14.1. The largest absolute Gasteiger partial charge is 0.292 e. The first-order valence-electron chi connectivity index (χ1n) is 7.80. The van der Waals surface area contributed by atoms with E-state index in [-0.39, 0.29) is 0 Å². The summed E-state index contributed by atoms with van der Waals surface area (Å²) >= 11 is 0. The van der Waals surface area contributed by atoms with E-state index in [1.807, 2.05) is 30.9 Å². The Bertz CT molecular complexity index is 553. The Morgan fingerprint density at radius 2 is 2.05 bits per heavy atom. The molecule has 1 aliphatic heterocycles. The zero-order valence-electron chi connectivity index (χ0n) is 12.6. The third-order valence-electron chi connectivity index (χ3n) is 4.14. The molecule has 4 nitrogen and oxygen atoms in total. The minimum absolute atomic E-state index is 0.471. The SMILES string of the molecule is CCc1ncc(CN2CCCC[C@@H]2c2cccnc2)cn1. The fraction of sp³-hybridized carbons (Fsp3) is 0.471. The number of piperidine rings is 1. The van der Waals surface area contributed by atoms with E-state index in [0.29, 0.717) is 6.04 Å². The van der Waals surface area contributed by atoms with Crippen molar-refractivity contribution >= 4 is 0 Å². The molecule has 3 rings (SSSR count). The minimum Gasteiger partial charge on any atom is -0.292 e. The van der Waals surface area contributed by atoms with Crippen LogP contribution < -0.4 is 0 Å². The van der Waals surface area contributed by atoms with E-state index in [2.05, 4.69) is 32.8 Å². The van der Waals surface area contributed by atoms with Crippen molar-refractivity contribution in [1.29, 1.82) is 0 Å². The quantitative estimate of drug-likeness (QED) is 0.864. The van der Waals surface area contributed by atoms with Crippen LogP contribution in [0.5, 0.6) is 0 Å². The molecule has 0 N–H and O–H groups in total. The highest BCUT2D eigenvalue weighted by Gasteiger charge is 2.24. The molecule has 0 bridgehead atoms. The van der Waals surface area contributed by atoms with Crippen molar-refractivity contribution in [2.45, 2.75) is 45.2 Å². The van der Waals surface area contributed by atoms with Gasteiger partial charge in [0.1, 0.15) is 5.82 Å². The molecule has 1 aliphatic rings. The van der Waals surface area contributed by atoms with Gasteiger partial charge >= 0.3 is 0 Å². The van der Waals surface area contributed by atoms with Crippen molar-refractivity contribution in [2.75, 3.05) is 6.54 Å². The maximum Gasteiger partial charge on any atom is 0.127 e. The van der Waals surface area contributed by atoms with Crippen LogP contribution in [0.1, 0.15) is 49.2 Å². The van der Waals surface area contributed by atoms with E-state index < -0.39 is 0 Å². The van der Waals surface area contributed by atoms with Crippen LogP contribution in [0.3, 0.4) is 0 Å². The number of likely N-dealkylation sites (tertiary alicyclic amines) is 1. The monoisotopic (exact) mass is 282 g/mol. The number of rotatable bonds is 4. The van der Waals surface area contributed by atoms with E-state index in [0.717, 1.165) is 25.3 Å². The van der Waals surface area contributed by atoms with Crippen molar-refractivity contribution < 1.29 is 0 Å². The van der Waals surface area contributed by atoms with Gasteiger partial charge in [-0.2, -0.15) is 0 Å². The molecule has 110 valence electrons. The van der Waals surface area contributed by atoms with Gasteiger partial charge in [-0.25, -0.2) is 9.97 Å². The minimum atomic E-state index is 0.471. The molecule has 0 spiro atoms. The van der Waals surface area contributed by atoms with Crippen LogP contribution in [-0.4, -0.2) is 26.4 Å². The normalized spacial score (nSPS) is 19.6. The molecule has 1 saturated heterocycles. The molecule has 0 aliphatic carbocycles. The van der Waals surface area contributed by atoms with Gasteiger partial charge in [0.15, 0.2) is 0 Å². The smallest absolute Gasteiger partial charge is 0.127 e. The lowest BCUT2D eigenvalue weighted by Crippen LogP contribution is -2.33. The standard InChI is InChI=1S/C17H22N4/c1-2-17-19-10-14(11-20-17)13-21-9-4-3-7-16(21)15-6-5-8-18-12-15/h5-6,8,10-12,16H,2-4,7,9,13H2,1H3/t16-/m1/s1. The van der Waals surface area contributed by atoms with Crippen LogP contribution in [-0.2, 0) is 13.0 Å². The molecule has 0 amide bonds. The van der Waals surface area contributed by atoms with Gasteiger partial charge in [0.25, 0.3) is 0 Å². The molecule has 2 aromatic rings. The van der Waals surface area contributed by atoms with Gasteiger partial charge in [0, 0.05) is 49.4 Å². The molecule has 0 aromatic carbocycles. The zero-order chi connectivity index (χ0) is 14.5. The van der Waals surface area contributed by atoms with Crippen molar-refractivity contribution in [3.63, 3.8) is 0 Å². The Balaban J connectivity index is 1.75. The van der Waals surface area contributed by atoms with Crippen molar-refractivity contribution in [2.24, 2.45) is 0 Å². The molecular formula is C17H22N4. The predicted octanol–water partition coefficient (Wildman–Crippen LogP) is 3.16. The molecular weight excluding hydrogens is 260 g/mol. The second-order valence-electron chi connectivity index (χ2n) is 5.63. The average Bonchev–Trinajstić information content (AvgIpc) is 2.57. The number of nitrogens with zero attached hydrogens (tertiary/aromatic N) is 4. The molecule has 3 heterocycles. The highest BCUT2D eigenvalue weighted by molar-refractivity contribution is 5.16. The van der Waals surface area contributed by atoms with Gasteiger partial charge in [0.05, 0.1) is 0 Å². The van der Waals surface area contributed by atoms with Crippen LogP contribution >= 0.6 is 0 Å². The molecule has 1 fully saturated rings. The number of hydrogen-bond donors (Lipinski definition) is 0. The van der Waals surface area contributed by atoms with Crippen molar-refractivity contribution in [3.8, 4) is 0 Å². The highest BCUT2D eigenvalue weighted by Crippen LogP contribution is 2.31. The van der Waals surface area contributed by atoms with Crippen LogP contribution in [0, 0.1) is 0 Å². The number of aromatic nitrogens is 3. The zero-order valence-corrected chi connectivity index (χ0v) is 12.6. The summed E-state index contributed by atoms with van der Waals surface area (Å²) < 4.78 is 0. The summed E-state index contributed by atoms with van der Waals surface area (Å²) in [6.45, 7) is 4.14. The molecule has 21 heavy (non-hydrogen) atoms. The Labute approximate surface area is 126 Å². The fourth-order valence-electron chi connectivity index (χ4n) is 3.01. The van der Waals surface area contributed by atoms with Crippen LogP contribution in [0.4, 0.5) is 0 Å². The Morgan fingerprint density at radius 1 is 1.19 bits per heavy atom. The lowest BCUT2D eigenvalue weighted by molar-refractivity contribution is 0.140. The van der Waals surface area contributed by atoms with E-state index in [1.165, 1.54) is 30.4 Å². The van der Waals surface area contributed by atoms with Crippen LogP contribution in [0.15, 0.2) is 36.9 Å². The van der Waals surface area contributed by atoms with E-state index >= 15 is 0 Å². The highest BCUT2D eigenvalue weighted by atomic mass is 15.2. The summed E-state index contributed by atoms with van der Waals surface area (Å²) in [6, 6.07) is 4.69. The van der Waals surface area contributed by atoms with Crippen molar-refractivity contribution in [3.05, 3.63) is 53.9 Å². The lowest BCUT2D eigenvalue weighted by atomic mass is 9.96. The first-order valence-corrected chi connectivity index (χ1v) is 7.80. The topological polar surface area (TPSA) is 41.9 Å². The molecule has 4 heteroatoms. The second kappa shape index (κ2) is 6.76. The molecule has 0 saturated carbocycles. The first-order chi connectivity index (χ1) is 10.4. The number of pyridine rings is 1. The number of hydrogen-bond acceptors (Lipinski definition) is 4. The predicted molar refractivity (Wildman–Crippen MR) is 82.6 cm³/mol. The van der Waals surface area contributed by atoms with Gasteiger partial charge in [-0.1, -0.05) is 19.4 Å². The van der Waals surface area contributed by atoms with Gasteiger partial charge in [-0.05, 0) is 31.0 Å². The van der Waals surface area contributed by atoms with Gasteiger partial charge < -0.3 is 0 Å². The lowest BCUT2D eigenvalue weighted by Gasteiger charge is -2.35. The third-order valence-corrected chi connectivity index (χ3v) is 4.14. The Kier molecular flexibility index (Phi) is 4.55. The molecule has 1 atom stereocenters. The summed E-state index contributed by atoms with van der Waals surface area (Å²) in [6.07, 6.45) is 12.4. The maximum atomic E-state index is 4.41. The van der Waals surface area contributed by atoms with Crippen molar-refractivity contribution in [1.82, 2.24) is 19.9 Å². The Hall–Kier alpha value is -1.81. The third kappa shape index (κ3) is 3.45. The average molecular weight is 282 g/mol. The van der Waals surface area contributed by atoms with Crippen LogP contribution in [0.25, 0.3) is 0 Å². The molecule has 0 radical (unpaired) electrons. The summed E-state index contributed by atoms with van der Waals surface area (Å²) in [5, 5.41) is 0. The van der Waals surface area contributed by atoms with Crippen LogP contribution in [0.2, 0.25) is 0 Å². The summed E-state index contributed by atoms with van der Waals surface area (Å²) in [7, 11) is 0. The van der Waals surface area contributed by atoms with Gasteiger partial charge in [-0.15, -0.1) is 0 Å². The van der Waals surface area contributed by atoms with Gasteiger partial charge in [-0.3, -0.25) is 9.88 Å². The summed E-state index contributed by atoms with van der Waals surface area (Å²) in [5.41, 5.74) is 2.52. The second-order valence-corrected chi connectivity index (χ2v) is 5.63. The maximum absolute atomic E-state index is 4.41. The molecule has 0 unspecified atom stereocenters. The molecule has 2 aromatic heterocycles. The van der Waals surface area contributed by atoms with E-state index in [9.17, 15) is 0 Å². The summed E-state index contributed by atoms with van der Waals surface area (Å²) in [5.74, 6) is 0.918. The Morgan fingerprint density at radius 3 is 2.76 bits per heavy atom. The fourth-order valence-corrected chi connectivity index (χ4v) is 3.01.